The first kappa shape index (κ1) is 26.8. The number of sulfonamides is 1. The third-order valence-corrected chi connectivity index (χ3v) is 8.43. The van der Waals surface area contributed by atoms with Crippen molar-refractivity contribution in [3.8, 4) is 0 Å². The quantitative estimate of drug-likeness (QED) is 0.527. The number of ether oxygens (including phenoxy) is 1. The van der Waals surface area contributed by atoms with Crippen LogP contribution in [0.5, 0.6) is 0 Å². The zero-order chi connectivity index (χ0) is 26.6. The number of benzene rings is 2. The molecule has 2 heterocycles. The second kappa shape index (κ2) is 11.4. The molecule has 1 atom stereocenters. The molecule has 2 aromatic carbocycles. The first-order valence-electron chi connectivity index (χ1n) is 12.3. The SMILES string of the molecule is CCOC(=O)C1=C(CN2CCN(S(=O)(=O)c3ccccc3)CC2)N(CC)C(=O)NC1c1cccc(F)c1. The molecular weight excluding hydrogens is 499 g/mol. The largest absolute Gasteiger partial charge is 0.463 e. The molecule has 1 fully saturated rings. The molecule has 1 N–H and O–H groups in total. The number of nitrogens with zero attached hydrogens (tertiary/aromatic N) is 3. The first-order chi connectivity index (χ1) is 17.8. The van der Waals surface area contributed by atoms with Gasteiger partial charge in [0.25, 0.3) is 0 Å². The van der Waals surface area contributed by atoms with Crippen LogP contribution in [-0.4, -0.2) is 80.4 Å². The highest BCUT2D eigenvalue weighted by Crippen LogP contribution is 2.32. The Labute approximate surface area is 216 Å². The highest BCUT2D eigenvalue weighted by atomic mass is 32.2. The molecule has 0 saturated carbocycles. The maximum Gasteiger partial charge on any atom is 0.338 e. The van der Waals surface area contributed by atoms with Crippen molar-refractivity contribution in [3.05, 3.63) is 77.2 Å². The van der Waals surface area contributed by atoms with Crippen LogP contribution in [0, 0.1) is 5.82 Å². The first-order valence-corrected chi connectivity index (χ1v) is 13.7. The summed E-state index contributed by atoms with van der Waals surface area (Å²) in [7, 11) is -3.61. The Kier molecular flexibility index (Phi) is 8.25. The Morgan fingerprint density at radius 2 is 1.76 bits per heavy atom. The summed E-state index contributed by atoms with van der Waals surface area (Å²) in [6, 6.07) is 12.8. The zero-order valence-corrected chi connectivity index (χ0v) is 21.7. The normalized spacial score (nSPS) is 19.6. The van der Waals surface area contributed by atoms with Gasteiger partial charge >= 0.3 is 12.0 Å². The van der Waals surface area contributed by atoms with Crippen molar-refractivity contribution in [1.29, 1.82) is 0 Å². The van der Waals surface area contributed by atoms with Crippen LogP contribution in [0.2, 0.25) is 0 Å². The lowest BCUT2D eigenvalue weighted by Gasteiger charge is -2.40. The molecule has 4 rings (SSSR count). The molecular formula is C26H31FN4O5S. The van der Waals surface area contributed by atoms with Gasteiger partial charge in [-0.05, 0) is 43.7 Å². The lowest BCUT2D eigenvalue weighted by molar-refractivity contribution is -0.139. The van der Waals surface area contributed by atoms with Crippen molar-refractivity contribution in [2.75, 3.05) is 45.9 Å². The van der Waals surface area contributed by atoms with Crippen LogP contribution in [-0.2, 0) is 19.6 Å². The fourth-order valence-electron chi connectivity index (χ4n) is 4.68. The van der Waals surface area contributed by atoms with Crippen LogP contribution in [0.3, 0.4) is 0 Å². The van der Waals surface area contributed by atoms with E-state index in [1.54, 1.807) is 50.2 Å². The van der Waals surface area contributed by atoms with E-state index in [9.17, 15) is 22.4 Å². The molecule has 0 aromatic heterocycles. The van der Waals surface area contributed by atoms with Gasteiger partial charge in [-0.15, -0.1) is 0 Å². The van der Waals surface area contributed by atoms with Crippen molar-refractivity contribution < 1.29 is 27.1 Å². The lowest BCUT2D eigenvalue weighted by atomic mass is 9.94. The minimum Gasteiger partial charge on any atom is -0.463 e. The molecule has 0 bridgehead atoms. The Hall–Kier alpha value is -3.28. The number of carbonyl (C=O) groups is 2. The summed E-state index contributed by atoms with van der Waals surface area (Å²) in [6.07, 6.45) is 0. The van der Waals surface area contributed by atoms with Crippen LogP contribution in [0.15, 0.2) is 70.8 Å². The second-order valence-corrected chi connectivity index (χ2v) is 10.7. The van der Waals surface area contributed by atoms with Crippen molar-refractivity contribution in [3.63, 3.8) is 0 Å². The van der Waals surface area contributed by atoms with Gasteiger partial charge in [-0.2, -0.15) is 4.31 Å². The number of hydrogen-bond donors (Lipinski definition) is 1. The number of amides is 2. The predicted octanol–water partition coefficient (Wildman–Crippen LogP) is 2.74. The Morgan fingerprint density at radius 1 is 1.05 bits per heavy atom. The smallest absolute Gasteiger partial charge is 0.338 e. The fraction of sp³-hybridized carbons (Fsp3) is 0.385. The number of carbonyl (C=O) groups excluding carboxylic acids is 2. The van der Waals surface area contributed by atoms with Crippen molar-refractivity contribution in [2.24, 2.45) is 0 Å². The molecule has 2 amide bonds. The van der Waals surface area contributed by atoms with Gasteiger partial charge in [0.2, 0.25) is 10.0 Å². The molecule has 0 aliphatic carbocycles. The van der Waals surface area contributed by atoms with Crippen molar-refractivity contribution >= 4 is 22.0 Å². The number of likely N-dealkylation sites (N-methyl/N-ethyl adjacent to an activating group) is 1. The number of piperazine rings is 1. The van der Waals surface area contributed by atoms with Crippen LogP contribution in [0.1, 0.15) is 25.5 Å². The number of urea groups is 1. The van der Waals surface area contributed by atoms with Crippen LogP contribution in [0.4, 0.5) is 9.18 Å². The van der Waals surface area contributed by atoms with Gasteiger partial charge < -0.3 is 10.1 Å². The van der Waals surface area contributed by atoms with Gasteiger partial charge in [-0.25, -0.2) is 22.4 Å². The van der Waals surface area contributed by atoms with E-state index >= 15 is 0 Å². The summed E-state index contributed by atoms with van der Waals surface area (Å²) in [5.74, 6) is -1.07. The molecule has 37 heavy (non-hydrogen) atoms. The number of halogens is 1. The van der Waals surface area contributed by atoms with Gasteiger partial charge in [0, 0.05) is 45.0 Å². The van der Waals surface area contributed by atoms with Crippen molar-refractivity contribution in [2.45, 2.75) is 24.8 Å². The highest BCUT2D eigenvalue weighted by molar-refractivity contribution is 7.89. The van der Waals surface area contributed by atoms with E-state index in [4.69, 9.17) is 4.74 Å². The molecule has 1 unspecified atom stereocenters. The summed E-state index contributed by atoms with van der Waals surface area (Å²) in [5.41, 5.74) is 1.15. The van der Waals surface area contributed by atoms with Gasteiger partial charge in [-0.1, -0.05) is 30.3 Å². The Bertz CT molecular complexity index is 1280. The van der Waals surface area contributed by atoms with E-state index in [1.165, 1.54) is 27.4 Å². The zero-order valence-electron chi connectivity index (χ0n) is 20.9. The topological polar surface area (TPSA) is 99.3 Å². The summed E-state index contributed by atoms with van der Waals surface area (Å²) in [4.78, 5) is 29.9. The summed E-state index contributed by atoms with van der Waals surface area (Å²) in [6.45, 7) is 5.54. The average Bonchev–Trinajstić information content (AvgIpc) is 2.89. The Morgan fingerprint density at radius 3 is 2.38 bits per heavy atom. The third kappa shape index (κ3) is 5.68. The molecule has 198 valence electrons. The van der Waals surface area contributed by atoms with Gasteiger partial charge in [0.15, 0.2) is 0 Å². The maximum atomic E-state index is 14.0. The average molecular weight is 531 g/mol. The Balaban J connectivity index is 1.62. The fourth-order valence-corrected chi connectivity index (χ4v) is 6.12. The molecule has 0 spiro atoms. The molecule has 2 aromatic rings. The van der Waals surface area contributed by atoms with Crippen molar-refractivity contribution in [1.82, 2.24) is 19.4 Å². The third-order valence-electron chi connectivity index (χ3n) is 6.52. The van der Waals surface area contributed by atoms with E-state index in [-0.39, 0.29) is 36.7 Å². The molecule has 0 radical (unpaired) electrons. The highest BCUT2D eigenvalue weighted by Gasteiger charge is 2.39. The lowest BCUT2D eigenvalue weighted by Crippen LogP contribution is -2.53. The number of hydrogen-bond acceptors (Lipinski definition) is 6. The summed E-state index contributed by atoms with van der Waals surface area (Å²) < 4.78 is 46.9. The molecule has 9 nitrogen and oxygen atoms in total. The molecule has 2 aliphatic rings. The molecule has 11 heteroatoms. The molecule has 1 saturated heterocycles. The van der Waals surface area contributed by atoms with Gasteiger partial charge in [0.05, 0.1) is 23.1 Å². The number of nitrogens with one attached hydrogen (secondary N) is 1. The summed E-state index contributed by atoms with van der Waals surface area (Å²) in [5, 5.41) is 2.82. The second-order valence-electron chi connectivity index (χ2n) is 8.76. The summed E-state index contributed by atoms with van der Waals surface area (Å²) >= 11 is 0. The number of esters is 1. The predicted molar refractivity (Wildman–Crippen MR) is 135 cm³/mol. The number of rotatable bonds is 8. The molecule has 2 aliphatic heterocycles. The van der Waals surface area contributed by atoms with Gasteiger partial charge in [0.1, 0.15) is 5.82 Å². The monoisotopic (exact) mass is 530 g/mol. The van der Waals surface area contributed by atoms with Crippen LogP contribution in [0.25, 0.3) is 0 Å². The minimum atomic E-state index is -3.61. The van der Waals surface area contributed by atoms with Crippen LogP contribution < -0.4 is 5.32 Å². The standard InChI is InChI=1S/C26H31FN4O5S/c1-3-31-22(18-29-13-15-30(16-14-29)37(34,35)21-11-6-5-7-12-21)23(25(32)36-4-2)24(28-26(31)33)19-9-8-10-20(27)17-19/h5-12,17,24H,3-4,13-16,18H2,1-2H3,(H,28,33). The van der Waals surface area contributed by atoms with E-state index in [1.807, 2.05) is 4.90 Å². The van der Waals surface area contributed by atoms with Crippen LogP contribution >= 0.6 is 0 Å². The van der Waals surface area contributed by atoms with E-state index < -0.39 is 33.9 Å². The van der Waals surface area contributed by atoms with E-state index in [0.717, 1.165) is 0 Å². The maximum absolute atomic E-state index is 14.0. The van der Waals surface area contributed by atoms with E-state index in [2.05, 4.69) is 5.32 Å². The van der Waals surface area contributed by atoms with E-state index in [0.29, 0.717) is 30.9 Å². The van der Waals surface area contributed by atoms with Gasteiger partial charge in [-0.3, -0.25) is 9.80 Å². The minimum absolute atomic E-state index is 0.140.